The van der Waals surface area contributed by atoms with E-state index in [0.717, 1.165) is 25.1 Å². The van der Waals surface area contributed by atoms with Crippen molar-refractivity contribution in [3.8, 4) is 0 Å². The molecule has 0 fully saturated rings. The van der Waals surface area contributed by atoms with Crippen LogP contribution in [0.5, 0.6) is 0 Å². The highest BCUT2D eigenvalue weighted by molar-refractivity contribution is 7.12. The van der Waals surface area contributed by atoms with Gasteiger partial charge in [0, 0.05) is 22.5 Å². The topological polar surface area (TPSA) is 43.8 Å². The lowest BCUT2D eigenvalue weighted by atomic mass is 10.2. The van der Waals surface area contributed by atoms with Gasteiger partial charge in [-0.25, -0.2) is 0 Å². The summed E-state index contributed by atoms with van der Waals surface area (Å²) in [6.07, 6.45) is 3.98. The summed E-state index contributed by atoms with van der Waals surface area (Å²) in [5, 5.41) is 4.32. The van der Waals surface area contributed by atoms with Crippen molar-refractivity contribution in [2.24, 2.45) is 5.73 Å². The Morgan fingerprint density at radius 3 is 2.82 bits per heavy atom. The molecule has 1 unspecified atom stereocenters. The van der Waals surface area contributed by atoms with Crippen LogP contribution in [0, 0.1) is 0 Å². The quantitative estimate of drug-likeness (QED) is 0.885. The van der Waals surface area contributed by atoms with Crippen LogP contribution in [0.4, 0.5) is 0 Å². The predicted octanol–water partition coefficient (Wildman–Crippen LogP) is 2.97. The molecule has 0 aliphatic rings. The summed E-state index contributed by atoms with van der Waals surface area (Å²) in [6, 6.07) is 6.28. The summed E-state index contributed by atoms with van der Waals surface area (Å²) in [5.41, 5.74) is 7.42. The van der Waals surface area contributed by atoms with E-state index in [0.29, 0.717) is 0 Å². The van der Waals surface area contributed by atoms with Gasteiger partial charge >= 0.3 is 0 Å². The second-order valence-corrected chi connectivity index (χ2v) is 5.31. The standard InChI is InChI=1S/C13H19N3S/c1-3-9-16-11(7-8-15-16)13(14)12-6-5-10(4-2)17-12/h5-8,13H,3-4,9,14H2,1-2H3. The first-order valence-electron chi connectivity index (χ1n) is 6.12. The molecule has 4 heteroatoms. The van der Waals surface area contributed by atoms with Crippen LogP contribution < -0.4 is 5.73 Å². The Bertz CT molecular complexity index is 472. The maximum Gasteiger partial charge on any atom is 0.0817 e. The van der Waals surface area contributed by atoms with Gasteiger partial charge in [0.2, 0.25) is 0 Å². The number of hydrogen-bond donors (Lipinski definition) is 1. The van der Waals surface area contributed by atoms with Crippen molar-refractivity contribution in [2.45, 2.75) is 39.3 Å². The Labute approximate surface area is 106 Å². The van der Waals surface area contributed by atoms with Gasteiger partial charge in [-0.05, 0) is 31.0 Å². The molecule has 2 rings (SSSR count). The third kappa shape index (κ3) is 2.58. The van der Waals surface area contributed by atoms with Gasteiger partial charge < -0.3 is 5.73 Å². The van der Waals surface area contributed by atoms with E-state index >= 15 is 0 Å². The van der Waals surface area contributed by atoms with Crippen LogP contribution >= 0.6 is 11.3 Å². The number of hydrogen-bond acceptors (Lipinski definition) is 3. The van der Waals surface area contributed by atoms with E-state index in [4.69, 9.17) is 5.73 Å². The Balaban J connectivity index is 2.23. The molecule has 0 saturated heterocycles. The maximum absolute atomic E-state index is 6.31. The third-order valence-electron chi connectivity index (χ3n) is 2.84. The molecule has 0 aliphatic heterocycles. The number of thiophene rings is 1. The molecule has 3 nitrogen and oxygen atoms in total. The predicted molar refractivity (Wildman–Crippen MR) is 72.2 cm³/mol. The first kappa shape index (κ1) is 12.3. The van der Waals surface area contributed by atoms with Gasteiger partial charge in [-0.2, -0.15) is 5.10 Å². The molecule has 0 bridgehead atoms. The number of nitrogens with zero attached hydrogens (tertiary/aromatic N) is 2. The Hall–Kier alpha value is -1.13. The van der Waals surface area contributed by atoms with Crippen molar-refractivity contribution >= 4 is 11.3 Å². The summed E-state index contributed by atoms with van der Waals surface area (Å²) in [7, 11) is 0. The molecule has 2 N–H and O–H groups in total. The zero-order valence-electron chi connectivity index (χ0n) is 10.4. The van der Waals surface area contributed by atoms with E-state index in [9.17, 15) is 0 Å². The van der Waals surface area contributed by atoms with E-state index in [2.05, 4.69) is 31.1 Å². The summed E-state index contributed by atoms with van der Waals surface area (Å²) in [4.78, 5) is 2.61. The lowest BCUT2D eigenvalue weighted by Gasteiger charge is -2.12. The first-order chi connectivity index (χ1) is 8.26. The normalized spacial score (nSPS) is 12.9. The monoisotopic (exact) mass is 249 g/mol. The van der Waals surface area contributed by atoms with Crippen molar-refractivity contribution in [1.82, 2.24) is 9.78 Å². The van der Waals surface area contributed by atoms with E-state index in [1.807, 2.05) is 16.9 Å². The Morgan fingerprint density at radius 1 is 1.35 bits per heavy atom. The van der Waals surface area contributed by atoms with Crippen molar-refractivity contribution in [3.63, 3.8) is 0 Å². The summed E-state index contributed by atoms with van der Waals surface area (Å²) >= 11 is 1.80. The SMILES string of the molecule is CCCn1nccc1C(N)c1ccc(CC)s1. The highest BCUT2D eigenvalue weighted by Gasteiger charge is 2.15. The maximum atomic E-state index is 6.31. The zero-order chi connectivity index (χ0) is 12.3. The molecule has 17 heavy (non-hydrogen) atoms. The van der Waals surface area contributed by atoms with Gasteiger partial charge in [0.25, 0.3) is 0 Å². The van der Waals surface area contributed by atoms with Crippen molar-refractivity contribution in [2.75, 3.05) is 0 Å². The number of aryl methyl sites for hydroxylation is 2. The van der Waals surface area contributed by atoms with Gasteiger partial charge in [-0.15, -0.1) is 11.3 Å². The van der Waals surface area contributed by atoms with E-state index in [1.165, 1.54) is 9.75 Å². The van der Waals surface area contributed by atoms with Crippen LogP contribution in [-0.2, 0) is 13.0 Å². The molecule has 0 aromatic carbocycles. The minimum atomic E-state index is -0.0469. The van der Waals surface area contributed by atoms with Crippen LogP contribution in [0.15, 0.2) is 24.4 Å². The van der Waals surface area contributed by atoms with E-state index < -0.39 is 0 Å². The first-order valence-corrected chi connectivity index (χ1v) is 6.93. The molecular formula is C13H19N3S. The fourth-order valence-electron chi connectivity index (χ4n) is 1.90. The van der Waals surface area contributed by atoms with Crippen molar-refractivity contribution < 1.29 is 0 Å². The van der Waals surface area contributed by atoms with Gasteiger partial charge in [-0.3, -0.25) is 4.68 Å². The zero-order valence-corrected chi connectivity index (χ0v) is 11.2. The number of aromatic nitrogens is 2. The fraction of sp³-hybridized carbons (Fsp3) is 0.462. The van der Waals surface area contributed by atoms with Gasteiger partial charge in [-0.1, -0.05) is 13.8 Å². The molecule has 0 spiro atoms. The second kappa shape index (κ2) is 5.47. The third-order valence-corrected chi connectivity index (χ3v) is 4.15. The molecule has 2 aromatic heterocycles. The second-order valence-electron chi connectivity index (χ2n) is 4.11. The van der Waals surface area contributed by atoms with Gasteiger partial charge in [0.1, 0.15) is 0 Å². The lowest BCUT2D eigenvalue weighted by Crippen LogP contribution is -2.16. The average molecular weight is 249 g/mol. The molecule has 1 atom stereocenters. The Kier molecular flexibility index (Phi) is 3.97. The molecule has 0 radical (unpaired) electrons. The number of rotatable bonds is 5. The fourth-order valence-corrected chi connectivity index (χ4v) is 2.87. The minimum absolute atomic E-state index is 0.0469. The average Bonchev–Trinajstić information content (AvgIpc) is 2.97. The van der Waals surface area contributed by atoms with Gasteiger partial charge in [0.05, 0.1) is 11.7 Å². The van der Waals surface area contributed by atoms with Crippen molar-refractivity contribution in [1.29, 1.82) is 0 Å². The molecular weight excluding hydrogens is 230 g/mol. The van der Waals surface area contributed by atoms with Crippen LogP contribution in [0.25, 0.3) is 0 Å². The molecule has 0 amide bonds. The van der Waals surface area contributed by atoms with E-state index in [1.54, 1.807) is 11.3 Å². The molecule has 2 aromatic rings. The molecule has 0 aliphatic carbocycles. The van der Waals surface area contributed by atoms with Crippen molar-refractivity contribution in [3.05, 3.63) is 39.8 Å². The molecule has 0 saturated carbocycles. The van der Waals surface area contributed by atoms with Crippen LogP contribution in [0.3, 0.4) is 0 Å². The van der Waals surface area contributed by atoms with E-state index in [-0.39, 0.29) is 6.04 Å². The largest absolute Gasteiger partial charge is 0.318 e. The highest BCUT2D eigenvalue weighted by atomic mass is 32.1. The minimum Gasteiger partial charge on any atom is -0.318 e. The Morgan fingerprint density at radius 2 is 2.18 bits per heavy atom. The lowest BCUT2D eigenvalue weighted by molar-refractivity contribution is 0.561. The number of nitrogens with two attached hydrogens (primary N) is 1. The van der Waals surface area contributed by atoms with Gasteiger partial charge in [0.15, 0.2) is 0 Å². The highest BCUT2D eigenvalue weighted by Crippen LogP contribution is 2.26. The summed E-state index contributed by atoms with van der Waals surface area (Å²) < 4.78 is 2.01. The molecule has 92 valence electrons. The van der Waals surface area contributed by atoms with Crippen LogP contribution in [-0.4, -0.2) is 9.78 Å². The van der Waals surface area contributed by atoms with Crippen LogP contribution in [0.2, 0.25) is 0 Å². The summed E-state index contributed by atoms with van der Waals surface area (Å²) in [5.74, 6) is 0. The molecule has 2 heterocycles. The summed E-state index contributed by atoms with van der Waals surface area (Å²) in [6.45, 7) is 5.25. The smallest absolute Gasteiger partial charge is 0.0817 e. The van der Waals surface area contributed by atoms with Crippen LogP contribution in [0.1, 0.15) is 41.8 Å².